The van der Waals surface area contributed by atoms with Crippen molar-refractivity contribution in [2.24, 2.45) is 5.84 Å². The van der Waals surface area contributed by atoms with Crippen LogP contribution in [-0.2, 0) is 6.54 Å². The second-order valence-corrected chi connectivity index (χ2v) is 5.14. The number of nitrogens with one attached hydrogen (secondary N) is 1. The molecule has 0 aliphatic carbocycles. The normalized spacial score (nSPS) is 18.8. The van der Waals surface area contributed by atoms with Gasteiger partial charge in [-0.1, -0.05) is 4.49 Å². The minimum atomic E-state index is 0.233. The Balaban J connectivity index is 1.87. The van der Waals surface area contributed by atoms with Crippen molar-refractivity contribution in [3.05, 3.63) is 5.69 Å². The molecule has 8 heteroatoms. The number of β-amino-alcohol motifs (C(OH)–C–C–N with tert-alkyl or cyclic N) is 1. The Morgan fingerprint density at radius 3 is 2.83 bits per heavy atom. The van der Waals surface area contributed by atoms with Crippen molar-refractivity contribution in [1.29, 1.82) is 0 Å². The molecule has 0 atom stereocenters. The van der Waals surface area contributed by atoms with Crippen LogP contribution in [-0.4, -0.2) is 63.8 Å². The van der Waals surface area contributed by atoms with Gasteiger partial charge >= 0.3 is 0 Å². The van der Waals surface area contributed by atoms with E-state index in [2.05, 4.69) is 24.8 Å². The van der Waals surface area contributed by atoms with E-state index in [0.717, 1.165) is 56.4 Å². The smallest absolute Gasteiger partial charge is 0.148 e. The monoisotopic (exact) mass is 272 g/mol. The van der Waals surface area contributed by atoms with Gasteiger partial charge in [-0.25, -0.2) is 5.84 Å². The molecule has 0 saturated carbocycles. The molecule has 2 rings (SSSR count). The molecule has 0 amide bonds. The van der Waals surface area contributed by atoms with Crippen LogP contribution in [0.2, 0.25) is 0 Å². The number of rotatable bonds is 5. The van der Waals surface area contributed by atoms with Crippen LogP contribution in [0.5, 0.6) is 0 Å². The number of nitrogens with two attached hydrogens (primary N) is 1. The lowest BCUT2D eigenvalue weighted by molar-refractivity contribution is 0.195. The van der Waals surface area contributed by atoms with Crippen molar-refractivity contribution < 1.29 is 5.11 Å². The Labute approximate surface area is 111 Å². The van der Waals surface area contributed by atoms with Crippen molar-refractivity contribution in [2.75, 3.05) is 44.8 Å². The summed E-state index contributed by atoms with van der Waals surface area (Å²) in [5, 5.41) is 13.9. The molecule has 18 heavy (non-hydrogen) atoms. The van der Waals surface area contributed by atoms with E-state index in [1.807, 2.05) is 0 Å². The van der Waals surface area contributed by atoms with Crippen LogP contribution in [0.4, 0.5) is 5.00 Å². The van der Waals surface area contributed by atoms with Gasteiger partial charge in [0.1, 0.15) is 10.7 Å². The number of aliphatic hydroxyl groups is 1. The number of nitrogen functional groups attached to an aromatic ring is 1. The van der Waals surface area contributed by atoms with Crippen LogP contribution >= 0.6 is 11.5 Å². The highest BCUT2D eigenvalue weighted by Gasteiger charge is 2.17. The zero-order valence-corrected chi connectivity index (χ0v) is 11.2. The molecular weight excluding hydrogens is 252 g/mol. The Bertz CT molecular complexity index is 360. The summed E-state index contributed by atoms with van der Waals surface area (Å²) in [6, 6.07) is 0. The molecule has 0 unspecified atom stereocenters. The van der Waals surface area contributed by atoms with Crippen molar-refractivity contribution in [2.45, 2.75) is 13.0 Å². The minimum absolute atomic E-state index is 0.233. The second kappa shape index (κ2) is 6.95. The van der Waals surface area contributed by atoms with E-state index < -0.39 is 0 Å². The Hall–Kier alpha value is -0.800. The maximum absolute atomic E-state index is 8.96. The van der Waals surface area contributed by atoms with E-state index in [1.54, 1.807) is 0 Å². The van der Waals surface area contributed by atoms with Crippen LogP contribution in [0, 0.1) is 0 Å². The molecule has 4 N–H and O–H groups in total. The van der Waals surface area contributed by atoms with Gasteiger partial charge in [-0.15, -0.1) is 5.10 Å². The quantitative estimate of drug-likeness (QED) is 0.483. The number of hydrogen-bond donors (Lipinski definition) is 3. The molecule has 1 aromatic heterocycles. The molecule has 1 aromatic rings. The molecule has 0 spiro atoms. The Kier molecular flexibility index (Phi) is 5.26. The molecule has 1 fully saturated rings. The van der Waals surface area contributed by atoms with Crippen molar-refractivity contribution in [3.8, 4) is 0 Å². The third-order valence-electron chi connectivity index (χ3n) is 3.16. The van der Waals surface area contributed by atoms with Gasteiger partial charge in [0.2, 0.25) is 0 Å². The number of nitrogens with zero attached hydrogens (tertiary/aromatic N) is 4. The summed E-state index contributed by atoms with van der Waals surface area (Å²) in [6.07, 6.45) is 1.11. The van der Waals surface area contributed by atoms with Crippen molar-refractivity contribution in [1.82, 2.24) is 19.4 Å². The summed E-state index contributed by atoms with van der Waals surface area (Å²) in [5.74, 6) is 5.42. The lowest BCUT2D eigenvalue weighted by atomic mass is 10.3. The van der Waals surface area contributed by atoms with E-state index >= 15 is 0 Å². The molecule has 7 nitrogen and oxygen atoms in total. The van der Waals surface area contributed by atoms with E-state index in [4.69, 9.17) is 10.9 Å². The molecule has 1 saturated heterocycles. The van der Waals surface area contributed by atoms with Gasteiger partial charge < -0.3 is 10.5 Å². The first-order valence-corrected chi connectivity index (χ1v) is 6.94. The van der Waals surface area contributed by atoms with Crippen LogP contribution in [0.15, 0.2) is 0 Å². The number of anilines is 1. The van der Waals surface area contributed by atoms with Gasteiger partial charge in [-0.3, -0.25) is 9.80 Å². The highest BCUT2D eigenvalue weighted by molar-refractivity contribution is 7.10. The summed E-state index contributed by atoms with van der Waals surface area (Å²) >= 11 is 1.28. The Morgan fingerprint density at radius 1 is 1.28 bits per heavy atom. The topological polar surface area (TPSA) is 90.5 Å². The summed E-state index contributed by atoms with van der Waals surface area (Å²) in [5.41, 5.74) is 3.55. The molecule has 1 aliphatic heterocycles. The Morgan fingerprint density at radius 2 is 2.06 bits per heavy atom. The van der Waals surface area contributed by atoms with Crippen LogP contribution in [0.25, 0.3) is 0 Å². The summed E-state index contributed by atoms with van der Waals surface area (Å²) < 4.78 is 3.91. The van der Waals surface area contributed by atoms with Gasteiger partial charge in [0, 0.05) is 37.7 Å². The van der Waals surface area contributed by atoms with Gasteiger partial charge in [0.25, 0.3) is 0 Å². The summed E-state index contributed by atoms with van der Waals surface area (Å²) in [4.78, 5) is 4.65. The SMILES string of the molecule is NNc1snnc1CN1CCCN(CCO)CC1. The third kappa shape index (κ3) is 3.59. The van der Waals surface area contributed by atoms with E-state index in [-0.39, 0.29) is 6.61 Å². The fourth-order valence-electron chi connectivity index (χ4n) is 2.18. The van der Waals surface area contributed by atoms with Gasteiger partial charge in [-0.2, -0.15) is 0 Å². The van der Waals surface area contributed by atoms with Gasteiger partial charge in [-0.05, 0) is 19.5 Å². The fourth-order valence-corrected chi connectivity index (χ4v) is 2.67. The van der Waals surface area contributed by atoms with Crippen molar-refractivity contribution >= 4 is 16.5 Å². The zero-order valence-electron chi connectivity index (χ0n) is 10.4. The van der Waals surface area contributed by atoms with Gasteiger partial charge in [0.15, 0.2) is 0 Å². The molecule has 0 aromatic carbocycles. The third-order valence-corrected chi connectivity index (χ3v) is 3.86. The average Bonchev–Trinajstić information content (AvgIpc) is 2.71. The maximum atomic E-state index is 8.96. The fraction of sp³-hybridized carbons (Fsp3) is 0.800. The largest absolute Gasteiger partial charge is 0.395 e. The van der Waals surface area contributed by atoms with Crippen LogP contribution in [0.3, 0.4) is 0 Å². The molecule has 102 valence electrons. The minimum Gasteiger partial charge on any atom is -0.395 e. The molecule has 0 radical (unpaired) electrons. The summed E-state index contributed by atoms with van der Waals surface area (Å²) in [7, 11) is 0. The van der Waals surface area contributed by atoms with Crippen LogP contribution < -0.4 is 11.3 Å². The molecular formula is C10H20N6OS. The highest BCUT2D eigenvalue weighted by Crippen LogP contribution is 2.18. The number of hydrazine groups is 1. The zero-order chi connectivity index (χ0) is 12.8. The average molecular weight is 272 g/mol. The first-order valence-electron chi connectivity index (χ1n) is 6.17. The highest BCUT2D eigenvalue weighted by atomic mass is 32.1. The van der Waals surface area contributed by atoms with E-state index in [9.17, 15) is 0 Å². The van der Waals surface area contributed by atoms with E-state index in [0.29, 0.717) is 0 Å². The summed E-state index contributed by atoms with van der Waals surface area (Å²) in [6.45, 7) is 5.85. The maximum Gasteiger partial charge on any atom is 0.148 e. The van der Waals surface area contributed by atoms with E-state index in [1.165, 1.54) is 11.5 Å². The first-order chi connectivity index (χ1) is 8.83. The first kappa shape index (κ1) is 13.6. The molecule has 2 heterocycles. The predicted octanol–water partition coefficient (Wildman–Crippen LogP) is -0.676. The molecule has 1 aliphatic rings. The lowest BCUT2D eigenvalue weighted by Gasteiger charge is -2.20. The van der Waals surface area contributed by atoms with Gasteiger partial charge in [0.05, 0.1) is 6.61 Å². The number of hydrogen-bond acceptors (Lipinski definition) is 8. The number of aliphatic hydroxyl groups excluding tert-OH is 1. The predicted molar refractivity (Wildman–Crippen MR) is 71.1 cm³/mol. The van der Waals surface area contributed by atoms with Crippen LogP contribution in [0.1, 0.15) is 12.1 Å². The number of aromatic nitrogens is 2. The van der Waals surface area contributed by atoms with Crippen molar-refractivity contribution in [3.63, 3.8) is 0 Å². The molecule has 0 bridgehead atoms. The second-order valence-electron chi connectivity index (χ2n) is 4.39. The lowest BCUT2D eigenvalue weighted by Crippen LogP contribution is -2.32. The standard InChI is InChI=1S/C10H20N6OS/c11-12-10-9(13-14-18-10)8-16-3-1-2-15(4-5-16)6-7-17/h12,17H,1-8,11H2.